The van der Waals surface area contributed by atoms with Gasteiger partial charge in [-0.15, -0.1) is 5.10 Å². The van der Waals surface area contributed by atoms with Crippen molar-refractivity contribution in [1.82, 2.24) is 19.9 Å². The molecule has 0 unspecified atom stereocenters. The Bertz CT molecular complexity index is 738. The monoisotopic (exact) mass is 315 g/mol. The minimum Gasteiger partial charge on any atom is -0.379 e. The lowest BCUT2D eigenvalue weighted by molar-refractivity contribution is 0.0956. The molecule has 0 amide bonds. The third-order valence-electron chi connectivity index (χ3n) is 4.24. The summed E-state index contributed by atoms with van der Waals surface area (Å²) in [5, 5.41) is 17.1. The molecule has 7 heteroatoms. The number of halogens is 1. The first-order valence-corrected chi connectivity index (χ1v) is 7.41. The molecule has 2 heterocycles. The number of benzene rings is 1. The molecule has 2 aromatic rings. The number of rotatable bonds is 4. The van der Waals surface area contributed by atoms with Crippen molar-refractivity contribution in [3.05, 3.63) is 47.0 Å². The van der Waals surface area contributed by atoms with Gasteiger partial charge in [0.2, 0.25) is 0 Å². The highest BCUT2D eigenvalue weighted by atomic mass is 19.1. The smallest absolute Gasteiger partial charge is 0.145 e. The fourth-order valence-electron chi connectivity index (χ4n) is 3.07. The molecule has 1 aliphatic heterocycles. The topological polar surface area (TPSA) is 67.0 Å². The van der Waals surface area contributed by atoms with Gasteiger partial charge in [-0.05, 0) is 6.07 Å². The van der Waals surface area contributed by atoms with E-state index >= 15 is 0 Å². The summed E-state index contributed by atoms with van der Waals surface area (Å²) in [4.78, 5) is 2.12. The van der Waals surface area contributed by atoms with E-state index in [1.807, 2.05) is 19.3 Å². The lowest BCUT2D eigenvalue weighted by Gasteiger charge is -2.16. The van der Waals surface area contributed by atoms with Gasteiger partial charge < -0.3 is 4.74 Å². The molecule has 1 aromatic carbocycles. The van der Waals surface area contributed by atoms with Crippen LogP contribution in [0.2, 0.25) is 0 Å². The molecule has 0 radical (unpaired) electrons. The van der Waals surface area contributed by atoms with E-state index in [4.69, 9.17) is 10.00 Å². The lowest BCUT2D eigenvalue weighted by atomic mass is 10.0. The van der Waals surface area contributed by atoms with Crippen molar-refractivity contribution in [2.24, 2.45) is 7.05 Å². The average Bonchev–Trinajstić information content (AvgIpc) is 3.15. The number of likely N-dealkylation sites (tertiary alicyclic amines) is 1. The van der Waals surface area contributed by atoms with E-state index in [9.17, 15) is 4.39 Å². The van der Waals surface area contributed by atoms with Crippen molar-refractivity contribution in [2.75, 3.05) is 20.2 Å². The van der Waals surface area contributed by atoms with Gasteiger partial charge in [0, 0.05) is 51.5 Å². The molecule has 0 spiro atoms. The molecule has 1 aliphatic rings. The Morgan fingerprint density at radius 3 is 2.91 bits per heavy atom. The van der Waals surface area contributed by atoms with Crippen LogP contribution in [0.5, 0.6) is 0 Å². The molecule has 6 nitrogen and oxygen atoms in total. The summed E-state index contributed by atoms with van der Waals surface area (Å²) in [6.07, 6.45) is 1.88. The number of aromatic nitrogens is 3. The van der Waals surface area contributed by atoms with Gasteiger partial charge in [0.1, 0.15) is 11.9 Å². The number of nitriles is 1. The molecular weight excluding hydrogens is 297 g/mol. The molecule has 2 atom stereocenters. The summed E-state index contributed by atoms with van der Waals surface area (Å²) >= 11 is 0. The van der Waals surface area contributed by atoms with Crippen molar-refractivity contribution in [3.63, 3.8) is 0 Å². The minimum atomic E-state index is -0.438. The Morgan fingerprint density at radius 2 is 2.26 bits per heavy atom. The second-order valence-electron chi connectivity index (χ2n) is 5.78. The van der Waals surface area contributed by atoms with Crippen LogP contribution in [-0.2, 0) is 18.3 Å². The Morgan fingerprint density at radius 1 is 1.43 bits per heavy atom. The quantitative estimate of drug-likeness (QED) is 0.854. The fraction of sp³-hybridized carbons (Fsp3) is 0.438. The third kappa shape index (κ3) is 3.09. The van der Waals surface area contributed by atoms with Crippen molar-refractivity contribution in [3.8, 4) is 6.07 Å². The predicted molar refractivity (Wildman–Crippen MR) is 80.9 cm³/mol. The number of ether oxygens (including phenoxy) is 1. The zero-order valence-electron chi connectivity index (χ0n) is 13.1. The van der Waals surface area contributed by atoms with Gasteiger partial charge in [0.15, 0.2) is 0 Å². The van der Waals surface area contributed by atoms with E-state index in [-0.39, 0.29) is 17.6 Å². The molecule has 0 saturated carbocycles. The summed E-state index contributed by atoms with van der Waals surface area (Å²) in [5.41, 5.74) is 1.49. The number of hydrogen-bond acceptors (Lipinski definition) is 5. The molecule has 0 bridgehead atoms. The Balaban J connectivity index is 1.77. The Labute approximate surface area is 134 Å². The second kappa shape index (κ2) is 6.44. The van der Waals surface area contributed by atoms with Crippen molar-refractivity contribution in [2.45, 2.75) is 18.6 Å². The van der Waals surface area contributed by atoms with Gasteiger partial charge >= 0.3 is 0 Å². The van der Waals surface area contributed by atoms with Crippen LogP contribution in [0, 0.1) is 17.1 Å². The maximum Gasteiger partial charge on any atom is 0.145 e. The van der Waals surface area contributed by atoms with Crippen LogP contribution in [0.1, 0.15) is 22.7 Å². The molecule has 1 saturated heterocycles. The van der Waals surface area contributed by atoms with Crippen LogP contribution in [-0.4, -0.2) is 46.2 Å². The van der Waals surface area contributed by atoms with Gasteiger partial charge in [-0.3, -0.25) is 9.58 Å². The molecule has 1 fully saturated rings. The van der Waals surface area contributed by atoms with E-state index in [0.717, 1.165) is 5.69 Å². The number of methoxy groups -OCH3 is 1. The van der Waals surface area contributed by atoms with Crippen LogP contribution in [0.3, 0.4) is 0 Å². The Hall–Kier alpha value is -2.30. The van der Waals surface area contributed by atoms with Crippen LogP contribution >= 0.6 is 0 Å². The second-order valence-corrected chi connectivity index (χ2v) is 5.78. The first kappa shape index (κ1) is 15.6. The van der Waals surface area contributed by atoms with Crippen molar-refractivity contribution in [1.29, 1.82) is 5.26 Å². The van der Waals surface area contributed by atoms with Crippen molar-refractivity contribution >= 4 is 0 Å². The highest BCUT2D eigenvalue weighted by molar-refractivity contribution is 5.35. The molecular formula is C16H18FN5O. The van der Waals surface area contributed by atoms with Gasteiger partial charge in [-0.1, -0.05) is 17.3 Å². The normalized spacial score (nSPS) is 21.5. The minimum absolute atomic E-state index is 0.00564. The third-order valence-corrected chi connectivity index (χ3v) is 4.24. The number of hydrogen-bond donors (Lipinski definition) is 0. The van der Waals surface area contributed by atoms with E-state index in [1.165, 1.54) is 6.07 Å². The summed E-state index contributed by atoms with van der Waals surface area (Å²) in [6, 6.07) is 6.79. The van der Waals surface area contributed by atoms with E-state index < -0.39 is 5.82 Å². The average molecular weight is 315 g/mol. The molecule has 23 heavy (non-hydrogen) atoms. The summed E-state index contributed by atoms with van der Waals surface area (Å²) < 4.78 is 21.5. The highest BCUT2D eigenvalue weighted by Gasteiger charge is 2.36. The Kier molecular flexibility index (Phi) is 4.37. The predicted octanol–water partition coefficient (Wildman–Crippen LogP) is 1.44. The SMILES string of the molecule is CO[C@@H]1CN(Cc2cccc(C#N)c2F)C[C@H]1c1cn(C)nn1. The lowest BCUT2D eigenvalue weighted by Crippen LogP contribution is -2.23. The highest BCUT2D eigenvalue weighted by Crippen LogP contribution is 2.29. The molecule has 3 rings (SSSR count). The molecule has 0 aliphatic carbocycles. The van der Waals surface area contributed by atoms with Gasteiger partial charge in [-0.25, -0.2) is 4.39 Å². The van der Waals surface area contributed by atoms with Crippen LogP contribution in [0.4, 0.5) is 4.39 Å². The molecule has 1 aromatic heterocycles. The summed E-state index contributed by atoms with van der Waals surface area (Å²) in [7, 11) is 3.50. The zero-order valence-corrected chi connectivity index (χ0v) is 13.1. The van der Waals surface area contributed by atoms with Crippen LogP contribution in [0.25, 0.3) is 0 Å². The van der Waals surface area contributed by atoms with Crippen molar-refractivity contribution < 1.29 is 9.13 Å². The van der Waals surface area contributed by atoms with Gasteiger partial charge in [0.05, 0.1) is 17.4 Å². The fourth-order valence-corrected chi connectivity index (χ4v) is 3.07. The molecule has 120 valence electrons. The van der Waals surface area contributed by atoms with E-state index in [0.29, 0.717) is 25.2 Å². The number of nitrogens with zero attached hydrogens (tertiary/aromatic N) is 5. The summed E-state index contributed by atoms with van der Waals surface area (Å²) in [5.74, 6) is -0.331. The van der Waals surface area contributed by atoms with E-state index in [2.05, 4.69) is 15.2 Å². The van der Waals surface area contributed by atoms with Gasteiger partial charge in [-0.2, -0.15) is 5.26 Å². The maximum absolute atomic E-state index is 14.2. The largest absolute Gasteiger partial charge is 0.379 e. The van der Waals surface area contributed by atoms with E-state index in [1.54, 1.807) is 23.9 Å². The molecule has 0 N–H and O–H groups in total. The van der Waals surface area contributed by atoms with Crippen LogP contribution in [0.15, 0.2) is 24.4 Å². The zero-order chi connectivity index (χ0) is 16.4. The summed E-state index contributed by atoms with van der Waals surface area (Å²) in [6.45, 7) is 1.85. The van der Waals surface area contributed by atoms with Crippen LogP contribution < -0.4 is 0 Å². The van der Waals surface area contributed by atoms with Gasteiger partial charge in [0.25, 0.3) is 0 Å². The maximum atomic E-state index is 14.2. The number of aryl methyl sites for hydroxylation is 1. The first-order chi connectivity index (χ1) is 11.1. The standard InChI is InChI=1S/C16H18FN5O/c1-21-9-14(19-20-21)13-8-22(10-15(13)23-2)7-12-5-3-4-11(6-18)16(12)17/h3-5,9,13,15H,7-8,10H2,1-2H3/t13-,15+/m0/s1. The first-order valence-electron chi connectivity index (χ1n) is 7.41.